The third-order valence-electron chi connectivity index (χ3n) is 2.60. The van der Waals surface area contributed by atoms with Crippen LogP contribution in [0.5, 0.6) is 0 Å². The Balaban J connectivity index is 2.89. The maximum Gasteiger partial charge on any atom is 0.0793 e. The lowest BCUT2D eigenvalue weighted by Gasteiger charge is -2.20. The fourth-order valence-corrected chi connectivity index (χ4v) is 1.39. The molecule has 0 aliphatic heterocycles. The molecule has 0 spiro atoms. The molecule has 14 heavy (non-hydrogen) atoms. The van der Waals surface area contributed by atoms with Gasteiger partial charge in [-0.15, -0.1) is 0 Å². The first-order valence-corrected chi connectivity index (χ1v) is 5.08. The second kappa shape index (κ2) is 4.14. The maximum absolute atomic E-state index is 5.26. The summed E-state index contributed by atoms with van der Waals surface area (Å²) in [5.74, 6) is 0. The Morgan fingerprint density at radius 3 is 1.93 bits per heavy atom. The van der Waals surface area contributed by atoms with Crippen LogP contribution in [0.4, 0.5) is 0 Å². The van der Waals surface area contributed by atoms with Crippen molar-refractivity contribution in [1.82, 2.24) is 0 Å². The van der Waals surface area contributed by atoms with Crippen LogP contribution in [-0.4, -0.2) is 7.11 Å². The molecular weight excluding hydrogens is 172 g/mol. The van der Waals surface area contributed by atoms with E-state index in [1.807, 2.05) is 0 Å². The van der Waals surface area contributed by atoms with Crippen molar-refractivity contribution in [2.75, 3.05) is 7.11 Å². The van der Waals surface area contributed by atoms with Crippen molar-refractivity contribution in [3.63, 3.8) is 0 Å². The van der Waals surface area contributed by atoms with Crippen molar-refractivity contribution in [2.24, 2.45) is 0 Å². The summed E-state index contributed by atoms with van der Waals surface area (Å²) in [6, 6.07) is 8.67. The van der Waals surface area contributed by atoms with E-state index < -0.39 is 0 Å². The highest BCUT2D eigenvalue weighted by molar-refractivity contribution is 5.28. The summed E-state index contributed by atoms with van der Waals surface area (Å²) in [6.45, 7) is 8.73. The van der Waals surface area contributed by atoms with E-state index in [2.05, 4.69) is 52.0 Å². The van der Waals surface area contributed by atoms with Crippen molar-refractivity contribution in [2.45, 2.75) is 39.2 Å². The molecule has 0 bridgehead atoms. The molecule has 1 nitrogen and oxygen atoms in total. The number of hydrogen-bond donors (Lipinski definition) is 0. The molecule has 0 saturated carbocycles. The van der Waals surface area contributed by atoms with E-state index in [1.54, 1.807) is 7.11 Å². The van der Waals surface area contributed by atoms with E-state index in [0.29, 0.717) is 0 Å². The molecule has 1 rings (SSSR count). The molecule has 0 heterocycles. The summed E-state index contributed by atoms with van der Waals surface area (Å²) in [5.41, 5.74) is 2.83. The molecule has 0 amide bonds. The third-order valence-corrected chi connectivity index (χ3v) is 2.60. The Kier molecular flexibility index (Phi) is 3.33. The molecule has 1 aromatic carbocycles. The van der Waals surface area contributed by atoms with Gasteiger partial charge in [-0.25, -0.2) is 0 Å². The second-order valence-electron chi connectivity index (χ2n) is 4.75. The Hall–Kier alpha value is -0.820. The minimum Gasteiger partial charge on any atom is -0.377 e. The SMILES string of the molecule is COC(C)c1ccc(C(C)(C)C)cc1. The quantitative estimate of drug-likeness (QED) is 0.694. The first-order chi connectivity index (χ1) is 6.45. The standard InChI is InChI=1S/C13H20O/c1-10(14-5)11-6-8-12(9-7-11)13(2,3)4/h6-10H,1-5H3. The molecule has 0 aromatic heterocycles. The van der Waals surface area contributed by atoms with Crippen LogP contribution >= 0.6 is 0 Å². The Bertz CT molecular complexity index is 279. The van der Waals surface area contributed by atoms with Crippen LogP contribution in [0.3, 0.4) is 0 Å². The van der Waals surface area contributed by atoms with Crippen LogP contribution in [0.25, 0.3) is 0 Å². The zero-order chi connectivity index (χ0) is 10.8. The summed E-state index contributed by atoms with van der Waals surface area (Å²) in [4.78, 5) is 0. The minimum atomic E-state index is 0.184. The fraction of sp³-hybridized carbons (Fsp3) is 0.538. The molecule has 0 fully saturated rings. The van der Waals surface area contributed by atoms with Gasteiger partial charge in [-0.1, -0.05) is 45.0 Å². The molecule has 1 atom stereocenters. The van der Waals surface area contributed by atoms with Gasteiger partial charge in [0.2, 0.25) is 0 Å². The molecule has 0 aliphatic rings. The summed E-state index contributed by atoms with van der Waals surface area (Å²) in [7, 11) is 1.74. The van der Waals surface area contributed by atoms with Crippen molar-refractivity contribution < 1.29 is 4.74 Å². The smallest absolute Gasteiger partial charge is 0.0793 e. The van der Waals surface area contributed by atoms with Gasteiger partial charge in [0.05, 0.1) is 6.10 Å². The third kappa shape index (κ3) is 2.58. The Morgan fingerprint density at radius 1 is 1.07 bits per heavy atom. The average Bonchev–Trinajstić information content (AvgIpc) is 2.15. The van der Waals surface area contributed by atoms with Crippen LogP contribution in [0.1, 0.15) is 44.9 Å². The molecule has 0 saturated heterocycles. The predicted molar refractivity (Wildman–Crippen MR) is 60.6 cm³/mol. The van der Waals surface area contributed by atoms with Gasteiger partial charge in [-0.3, -0.25) is 0 Å². The van der Waals surface area contributed by atoms with Crippen LogP contribution in [0.2, 0.25) is 0 Å². The van der Waals surface area contributed by atoms with Gasteiger partial charge in [0.15, 0.2) is 0 Å². The lowest BCUT2D eigenvalue weighted by molar-refractivity contribution is 0.119. The van der Waals surface area contributed by atoms with Gasteiger partial charge >= 0.3 is 0 Å². The zero-order valence-electron chi connectivity index (χ0n) is 9.79. The highest BCUT2D eigenvalue weighted by atomic mass is 16.5. The lowest BCUT2D eigenvalue weighted by atomic mass is 9.86. The highest BCUT2D eigenvalue weighted by Crippen LogP contribution is 2.24. The molecular formula is C13H20O. The van der Waals surface area contributed by atoms with Crippen molar-refractivity contribution >= 4 is 0 Å². The van der Waals surface area contributed by atoms with Gasteiger partial charge in [0.25, 0.3) is 0 Å². The lowest BCUT2D eigenvalue weighted by Crippen LogP contribution is -2.11. The first-order valence-electron chi connectivity index (χ1n) is 5.08. The van der Waals surface area contributed by atoms with E-state index >= 15 is 0 Å². The van der Waals surface area contributed by atoms with Gasteiger partial charge in [-0.05, 0) is 23.5 Å². The van der Waals surface area contributed by atoms with Crippen molar-refractivity contribution in [3.8, 4) is 0 Å². The van der Waals surface area contributed by atoms with Crippen LogP contribution < -0.4 is 0 Å². The largest absolute Gasteiger partial charge is 0.377 e. The minimum absolute atomic E-state index is 0.184. The molecule has 0 radical (unpaired) electrons. The molecule has 0 aliphatic carbocycles. The summed E-state index contributed by atoms with van der Waals surface area (Å²) in [5, 5.41) is 0. The number of ether oxygens (including phenoxy) is 1. The summed E-state index contributed by atoms with van der Waals surface area (Å²) < 4.78 is 5.26. The topological polar surface area (TPSA) is 9.23 Å². The number of methoxy groups -OCH3 is 1. The van der Waals surface area contributed by atoms with E-state index in [4.69, 9.17) is 4.74 Å². The molecule has 1 aromatic rings. The number of rotatable bonds is 2. The van der Waals surface area contributed by atoms with Crippen molar-refractivity contribution in [3.05, 3.63) is 35.4 Å². The van der Waals surface area contributed by atoms with E-state index in [9.17, 15) is 0 Å². The second-order valence-corrected chi connectivity index (χ2v) is 4.75. The maximum atomic E-state index is 5.26. The predicted octanol–water partition coefficient (Wildman–Crippen LogP) is 3.69. The van der Waals surface area contributed by atoms with E-state index in [0.717, 1.165) is 0 Å². The Labute approximate surface area is 87.1 Å². The van der Waals surface area contributed by atoms with Gasteiger partial charge in [0, 0.05) is 7.11 Å². The van der Waals surface area contributed by atoms with E-state index in [-0.39, 0.29) is 11.5 Å². The number of benzene rings is 1. The highest BCUT2D eigenvalue weighted by Gasteiger charge is 2.13. The van der Waals surface area contributed by atoms with Crippen LogP contribution in [0.15, 0.2) is 24.3 Å². The van der Waals surface area contributed by atoms with Gasteiger partial charge in [-0.2, -0.15) is 0 Å². The van der Waals surface area contributed by atoms with Crippen LogP contribution in [0, 0.1) is 0 Å². The summed E-state index contributed by atoms with van der Waals surface area (Å²) >= 11 is 0. The van der Waals surface area contributed by atoms with Gasteiger partial charge < -0.3 is 4.74 Å². The van der Waals surface area contributed by atoms with Crippen LogP contribution in [-0.2, 0) is 10.2 Å². The normalized spacial score (nSPS) is 14.1. The van der Waals surface area contributed by atoms with Crippen molar-refractivity contribution in [1.29, 1.82) is 0 Å². The average molecular weight is 192 g/mol. The monoisotopic (exact) mass is 192 g/mol. The first kappa shape index (κ1) is 11.3. The fourth-order valence-electron chi connectivity index (χ4n) is 1.39. The van der Waals surface area contributed by atoms with Gasteiger partial charge in [0.1, 0.15) is 0 Å². The Morgan fingerprint density at radius 2 is 1.57 bits per heavy atom. The zero-order valence-corrected chi connectivity index (χ0v) is 9.79. The molecule has 78 valence electrons. The molecule has 1 heteroatoms. The summed E-state index contributed by atoms with van der Waals surface area (Å²) in [6.07, 6.45) is 0.184. The molecule has 0 N–H and O–H groups in total. The number of hydrogen-bond acceptors (Lipinski definition) is 1. The van der Waals surface area contributed by atoms with E-state index in [1.165, 1.54) is 11.1 Å². The molecule has 1 unspecified atom stereocenters.